The molecule has 0 spiro atoms. The van der Waals surface area contributed by atoms with Gasteiger partial charge in [0.05, 0.1) is 17.0 Å². The maximum absolute atomic E-state index is 12.0. The van der Waals surface area contributed by atoms with Gasteiger partial charge in [0.15, 0.2) is 6.61 Å². The molecule has 1 aromatic rings. The largest absolute Gasteiger partial charge is 0.452 e. The maximum Gasteiger partial charge on any atom is 0.338 e. The molecule has 9 heteroatoms. The fourth-order valence-corrected chi connectivity index (χ4v) is 3.19. The number of imide groups is 1. The van der Waals surface area contributed by atoms with E-state index in [-0.39, 0.29) is 22.9 Å². The summed E-state index contributed by atoms with van der Waals surface area (Å²) in [4.78, 5) is 36.2. The van der Waals surface area contributed by atoms with Crippen molar-refractivity contribution in [1.82, 2.24) is 9.62 Å². The third-order valence-corrected chi connectivity index (χ3v) is 4.84. The summed E-state index contributed by atoms with van der Waals surface area (Å²) in [5, 5.41) is 0. The molecule has 2 rings (SSSR count). The van der Waals surface area contributed by atoms with Gasteiger partial charge in [-0.2, -0.15) is 4.72 Å². The monoisotopic (exact) mass is 364 g/mol. The van der Waals surface area contributed by atoms with Gasteiger partial charge < -0.3 is 4.74 Å². The third kappa shape index (κ3) is 4.65. The first-order chi connectivity index (χ1) is 11.8. The Kier molecular flexibility index (Phi) is 5.90. The zero-order valence-electron chi connectivity index (χ0n) is 13.2. The fourth-order valence-electron chi connectivity index (χ4n) is 2.21. The average Bonchev–Trinajstić information content (AvgIpc) is 3.04. The van der Waals surface area contributed by atoms with Crippen molar-refractivity contribution in [2.45, 2.75) is 17.7 Å². The number of carbonyl (C=O) groups excluding carboxylic acids is 3. The number of sulfonamides is 1. The van der Waals surface area contributed by atoms with Crippen LogP contribution in [0.25, 0.3) is 0 Å². The Hall–Kier alpha value is -2.70. The molecule has 1 N–H and O–H groups in total. The Labute approximate surface area is 145 Å². The Bertz CT molecular complexity index is 840. The highest BCUT2D eigenvalue weighted by Gasteiger charge is 2.27. The highest BCUT2D eigenvalue weighted by atomic mass is 32.2. The normalized spacial score (nSPS) is 14.2. The van der Waals surface area contributed by atoms with E-state index in [9.17, 15) is 22.8 Å². The SMILES string of the molecule is C#CCNS(=O)(=O)c1cccc(C(=O)OCC(=O)N2CCCC2=O)c1. The van der Waals surface area contributed by atoms with E-state index in [0.29, 0.717) is 19.4 Å². The van der Waals surface area contributed by atoms with Gasteiger partial charge in [0.25, 0.3) is 5.91 Å². The van der Waals surface area contributed by atoms with E-state index in [1.165, 1.54) is 18.2 Å². The molecule has 2 amide bonds. The van der Waals surface area contributed by atoms with E-state index < -0.39 is 28.5 Å². The predicted molar refractivity (Wildman–Crippen MR) is 86.7 cm³/mol. The lowest BCUT2D eigenvalue weighted by molar-refractivity contribution is -0.143. The molecule has 25 heavy (non-hydrogen) atoms. The molecule has 1 aliphatic rings. The minimum absolute atomic E-state index is 0.0378. The van der Waals surface area contributed by atoms with Gasteiger partial charge in [0, 0.05) is 13.0 Å². The molecular weight excluding hydrogens is 348 g/mol. The molecule has 0 bridgehead atoms. The number of carbonyl (C=O) groups is 3. The molecule has 132 valence electrons. The van der Waals surface area contributed by atoms with E-state index in [2.05, 4.69) is 10.6 Å². The first-order valence-corrected chi connectivity index (χ1v) is 8.87. The van der Waals surface area contributed by atoms with Gasteiger partial charge in [-0.25, -0.2) is 13.2 Å². The van der Waals surface area contributed by atoms with Crippen LogP contribution >= 0.6 is 0 Å². The molecule has 1 saturated heterocycles. The predicted octanol–water partition coefficient (Wildman–Crippen LogP) is -0.0961. The molecule has 1 aliphatic heterocycles. The topological polar surface area (TPSA) is 110 Å². The van der Waals surface area contributed by atoms with Crippen LogP contribution in [0.5, 0.6) is 0 Å². The molecule has 0 saturated carbocycles. The molecule has 0 aromatic heterocycles. The van der Waals surface area contributed by atoms with Crippen molar-refractivity contribution in [3.8, 4) is 12.3 Å². The quantitative estimate of drug-likeness (QED) is 0.558. The van der Waals surface area contributed by atoms with Gasteiger partial charge in [-0.05, 0) is 24.6 Å². The van der Waals surface area contributed by atoms with Gasteiger partial charge >= 0.3 is 5.97 Å². The standard InChI is InChI=1S/C16H16N2O6S/c1-2-8-17-25(22,23)13-6-3-5-12(10-13)16(21)24-11-15(20)18-9-4-7-14(18)19/h1,3,5-6,10,17H,4,7-9,11H2. The number of nitrogens with one attached hydrogen (secondary N) is 1. The summed E-state index contributed by atoms with van der Waals surface area (Å²) in [6.45, 7) is -0.462. The second-order valence-corrected chi connectivity index (χ2v) is 6.94. The van der Waals surface area contributed by atoms with Gasteiger partial charge in [-0.1, -0.05) is 12.0 Å². The van der Waals surface area contributed by atoms with Crippen LogP contribution in [-0.4, -0.2) is 50.8 Å². The first-order valence-electron chi connectivity index (χ1n) is 7.38. The van der Waals surface area contributed by atoms with Crippen molar-refractivity contribution in [2.75, 3.05) is 19.7 Å². The van der Waals surface area contributed by atoms with Crippen LogP contribution in [0.4, 0.5) is 0 Å². The minimum Gasteiger partial charge on any atom is -0.452 e. The molecule has 0 radical (unpaired) electrons. The number of ether oxygens (including phenoxy) is 1. The smallest absolute Gasteiger partial charge is 0.338 e. The van der Waals surface area contributed by atoms with Crippen LogP contribution in [-0.2, 0) is 24.3 Å². The van der Waals surface area contributed by atoms with E-state index >= 15 is 0 Å². The second-order valence-electron chi connectivity index (χ2n) is 5.18. The lowest BCUT2D eigenvalue weighted by Crippen LogP contribution is -2.35. The van der Waals surface area contributed by atoms with Crippen LogP contribution < -0.4 is 4.72 Å². The number of amides is 2. The molecule has 0 atom stereocenters. The summed E-state index contributed by atoms with van der Waals surface area (Å²) in [7, 11) is -3.85. The number of hydrogen-bond acceptors (Lipinski definition) is 6. The summed E-state index contributed by atoms with van der Waals surface area (Å²) in [5.74, 6) is 0.377. The van der Waals surface area contributed by atoms with Crippen molar-refractivity contribution >= 4 is 27.8 Å². The van der Waals surface area contributed by atoms with Crippen LogP contribution in [0, 0.1) is 12.3 Å². The van der Waals surface area contributed by atoms with Gasteiger partial charge in [0.2, 0.25) is 15.9 Å². The van der Waals surface area contributed by atoms with Gasteiger partial charge in [-0.3, -0.25) is 14.5 Å². The van der Waals surface area contributed by atoms with Crippen molar-refractivity contribution in [2.24, 2.45) is 0 Å². The molecule has 1 heterocycles. The molecular formula is C16H16N2O6S. The summed E-state index contributed by atoms with van der Waals surface area (Å²) >= 11 is 0. The Balaban J connectivity index is 2.03. The number of likely N-dealkylation sites (tertiary alicyclic amines) is 1. The first kappa shape index (κ1) is 18.6. The number of hydrogen-bond donors (Lipinski definition) is 1. The number of terminal acetylenes is 1. The lowest BCUT2D eigenvalue weighted by Gasteiger charge is -2.13. The van der Waals surface area contributed by atoms with Gasteiger partial charge in [0.1, 0.15) is 0 Å². The van der Waals surface area contributed by atoms with E-state index in [0.717, 1.165) is 11.0 Å². The molecule has 1 fully saturated rings. The Morgan fingerprint density at radius 3 is 2.76 bits per heavy atom. The van der Waals surface area contributed by atoms with Crippen molar-refractivity contribution in [3.63, 3.8) is 0 Å². The van der Waals surface area contributed by atoms with Crippen LogP contribution in [0.15, 0.2) is 29.2 Å². The molecule has 0 unspecified atom stereocenters. The van der Waals surface area contributed by atoms with Crippen molar-refractivity contribution < 1.29 is 27.5 Å². The van der Waals surface area contributed by atoms with E-state index in [1.807, 2.05) is 0 Å². The van der Waals surface area contributed by atoms with E-state index in [4.69, 9.17) is 11.2 Å². The zero-order valence-corrected chi connectivity index (χ0v) is 14.0. The fraction of sp³-hybridized carbons (Fsp3) is 0.312. The van der Waals surface area contributed by atoms with Crippen molar-refractivity contribution in [3.05, 3.63) is 29.8 Å². The summed E-state index contributed by atoms with van der Waals surface area (Å²) in [5.41, 5.74) is -0.0378. The number of benzene rings is 1. The number of rotatable bonds is 6. The van der Waals surface area contributed by atoms with E-state index in [1.54, 1.807) is 0 Å². The molecule has 8 nitrogen and oxygen atoms in total. The lowest BCUT2D eigenvalue weighted by atomic mass is 10.2. The summed E-state index contributed by atoms with van der Waals surface area (Å²) < 4.78 is 31.0. The summed E-state index contributed by atoms with van der Waals surface area (Å²) in [6, 6.07) is 5.14. The number of nitrogens with zero attached hydrogens (tertiary/aromatic N) is 1. The highest BCUT2D eigenvalue weighted by Crippen LogP contribution is 2.13. The van der Waals surface area contributed by atoms with Crippen LogP contribution in [0.1, 0.15) is 23.2 Å². The highest BCUT2D eigenvalue weighted by molar-refractivity contribution is 7.89. The zero-order chi connectivity index (χ0) is 18.4. The van der Waals surface area contributed by atoms with Gasteiger partial charge in [-0.15, -0.1) is 6.42 Å². The Morgan fingerprint density at radius 1 is 1.36 bits per heavy atom. The minimum atomic E-state index is -3.85. The average molecular weight is 364 g/mol. The summed E-state index contributed by atoms with van der Waals surface area (Å²) in [6.07, 6.45) is 5.89. The van der Waals surface area contributed by atoms with Crippen molar-refractivity contribution in [1.29, 1.82) is 0 Å². The molecule has 1 aromatic carbocycles. The molecule has 0 aliphatic carbocycles. The maximum atomic E-state index is 12.0. The van der Waals surface area contributed by atoms with Crippen LogP contribution in [0.3, 0.4) is 0 Å². The third-order valence-electron chi connectivity index (χ3n) is 3.45. The second kappa shape index (κ2) is 7.92. The van der Waals surface area contributed by atoms with Crippen LogP contribution in [0.2, 0.25) is 0 Å². The Morgan fingerprint density at radius 2 is 2.12 bits per heavy atom. The number of esters is 1.